The summed E-state index contributed by atoms with van der Waals surface area (Å²) in [7, 11) is 0. The maximum Gasteiger partial charge on any atom is 0.134 e. The Morgan fingerprint density at radius 1 is 0.829 bits per heavy atom. The van der Waals surface area contributed by atoms with Crippen molar-refractivity contribution in [1.29, 1.82) is 0 Å². The molecule has 2 aliphatic heterocycles. The summed E-state index contributed by atoms with van der Waals surface area (Å²) in [6.07, 6.45) is 18.2. The Hall–Kier alpha value is -2.78. The lowest BCUT2D eigenvalue weighted by Crippen LogP contribution is -2.37. The first kappa shape index (κ1) is 22.7. The van der Waals surface area contributed by atoms with Gasteiger partial charge in [0.25, 0.3) is 0 Å². The summed E-state index contributed by atoms with van der Waals surface area (Å²) in [6, 6.07) is 20.1. The second-order valence-corrected chi connectivity index (χ2v) is 10.8. The first-order valence-electron chi connectivity index (χ1n) is 13.7. The molecule has 3 heteroatoms. The zero-order valence-corrected chi connectivity index (χ0v) is 20.8. The lowest BCUT2D eigenvalue weighted by atomic mass is 9.82. The molecule has 0 bridgehead atoms. The van der Waals surface area contributed by atoms with E-state index < -0.39 is 0 Å². The van der Waals surface area contributed by atoms with Gasteiger partial charge in [-0.25, -0.2) is 0 Å². The number of benzene rings is 2. The van der Waals surface area contributed by atoms with Crippen LogP contribution >= 0.6 is 0 Å². The molecule has 3 aliphatic rings. The van der Waals surface area contributed by atoms with Gasteiger partial charge in [0.15, 0.2) is 0 Å². The Bertz CT molecular complexity index is 1160. The number of fused-ring (bicyclic) bond motifs is 1. The highest BCUT2D eigenvalue weighted by Crippen LogP contribution is 2.36. The average Bonchev–Trinajstić information content (AvgIpc) is 3.37. The smallest absolute Gasteiger partial charge is 0.134 e. The second kappa shape index (κ2) is 10.5. The Morgan fingerprint density at radius 3 is 2.43 bits per heavy atom. The van der Waals surface area contributed by atoms with Crippen LogP contribution in [0.5, 0.6) is 0 Å². The molecule has 182 valence electrons. The van der Waals surface area contributed by atoms with Gasteiger partial charge in [-0.1, -0.05) is 54.6 Å². The quantitative estimate of drug-likeness (QED) is 0.375. The predicted molar refractivity (Wildman–Crippen MR) is 145 cm³/mol. The molecule has 3 aromatic rings. The van der Waals surface area contributed by atoms with Crippen molar-refractivity contribution in [3.63, 3.8) is 0 Å². The Labute approximate surface area is 210 Å². The van der Waals surface area contributed by atoms with E-state index in [1.165, 1.54) is 86.7 Å². The summed E-state index contributed by atoms with van der Waals surface area (Å²) in [6.45, 7) is 4.79. The Morgan fingerprint density at radius 2 is 1.60 bits per heavy atom. The number of hydrogen-bond donors (Lipinski definition) is 0. The number of piperidine rings is 1. The standard InChI is InChI=1S/C32H38N2O/c1-2-7-26(8-3-1)28-9-6-19-34(23-28)29-14-12-25(13-15-29)16-20-33-21-17-27(18-22-33)31-24-35-32-11-5-4-10-30(31)32/h1-11,19,24-25,27,29H,12-18,20-23H2. The van der Waals surface area contributed by atoms with Gasteiger partial charge in [0.1, 0.15) is 5.58 Å². The van der Waals surface area contributed by atoms with Gasteiger partial charge in [-0.2, -0.15) is 0 Å². The van der Waals surface area contributed by atoms with E-state index >= 15 is 0 Å². The van der Waals surface area contributed by atoms with Gasteiger partial charge in [0.05, 0.1) is 6.26 Å². The van der Waals surface area contributed by atoms with Crippen LogP contribution < -0.4 is 0 Å². The average molecular weight is 467 g/mol. The molecule has 6 rings (SSSR count). The molecule has 0 N–H and O–H groups in total. The molecule has 3 nitrogen and oxygen atoms in total. The highest BCUT2D eigenvalue weighted by atomic mass is 16.3. The van der Waals surface area contributed by atoms with Crippen molar-refractivity contribution in [3.05, 3.63) is 90.3 Å². The summed E-state index contributed by atoms with van der Waals surface area (Å²) in [5.74, 6) is 1.55. The van der Waals surface area contributed by atoms with E-state index in [1.54, 1.807) is 0 Å². The summed E-state index contributed by atoms with van der Waals surface area (Å²) in [5, 5.41) is 1.32. The van der Waals surface area contributed by atoms with E-state index in [2.05, 4.69) is 82.7 Å². The minimum atomic E-state index is 0.651. The van der Waals surface area contributed by atoms with Crippen LogP contribution in [-0.2, 0) is 0 Å². The molecule has 0 radical (unpaired) electrons. The van der Waals surface area contributed by atoms with Gasteiger partial charge in [0, 0.05) is 23.5 Å². The number of para-hydroxylation sites is 1. The number of furan rings is 1. The van der Waals surface area contributed by atoms with Crippen LogP contribution in [-0.4, -0.2) is 42.0 Å². The Balaban J connectivity index is 0.939. The van der Waals surface area contributed by atoms with Gasteiger partial charge >= 0.3 is 0 Å². The van der Waals surface area contributed by atoms with E-state index in [1.807, 2.05) is 6.26 Å². The first-order chi connectivity index (χ1) is 17.3. The van der Waals surface area contributed by atoms with Gasteiger partial charge in [-0.15, -0.1) is 0 Å². The van der Waals surface area contributed by atoms with E-state index in [9.17, 15) is 0 Å². The first-order valence-corrected chi connectivity index (χ1v) is 13.7. The third-order valence-electron chi connectivity index (χ3n) is 8.75. The zero-order valence-electron chi connectivity index (χ0n) is 20.8. The molecule has 1 aromatic heterocycles. The summed E-state index contributed by atoms with van der Waals surface area (Å²) < 4.78 is 5.81. The number of rotatable bonds is 6. The van der Waals surface area contributed by atoms with Crippen molar-refractivity contribution in [2.75, 3.05) is 26.2 Å². The van der Waals surface area contributed by atoms with Gasteiger partial charge in [-0.3, -0.25) is 0 Å². The third kappa shape index (κ3) is 5.11. The maximum absolute atomic E-state index is 5.81. The van der Waals surface area contributed by atoms with Crippen molar-refractivity contribution in [1.82, 2.24) is 9.80 Å². The molecule has 1 aliphatic carbocycles. The summed E-state index contributed by atoms with van der Waals surface area (Å²) in [5.41, 5.74) is 5.27. The Kier molecular flexibility index (Phi) is 6.77. The highest BCUT2D eigenvalue weighted by molar-refractivity contribution is 5.81. The number of allylic oxidation sites excluding steroid dienone is 2. The molecule has 1 saturated carbocycles. The molecule has 0 atom stereocenters. The predicted octanol–water partition coefficient (Wildman–Crippen LogP) is 7.47. The molecule has 0 spiro atoms. The van der Waals surface area contributed by atoms with Crippen molar-refractivity contribution in [2.24, 2.45) is 5.92 Å². The molecule has 2 fully saturated rings. The van der Waals surface area contributed by atoms with Crippen molar-refractivity contribution in [2.45, 2.75) is 56.9 Å². The highest BCUT2D eigenvalue weighted by Gasteiger charge is 2.27. The van der Waals surface area contributed by atoms with Gasteiger partial charge in [0.2, 0.25) is 0 Å². The largest absolute Gasteiger partial charge is 0.464 e. The lowest BCUT2D eigenvalue weighted by Gasteiger charge is -2.39. The van der Waals surface area contributed by atoms with E-state index in [-0.39, 0.29) is 0 Å². The van der Waals surface area contributed by atoms with Crippen LogP contribution in [0.3, 0.4) is 0 Å². The van der Waals surface area contributed by atoms with E-state index in [4.69, 9.17) is 4.42 Å². The third-order valence-corrected chi connectivity index (χ3v) is 8.75. The summed E-state index contributed by atoms with van der Waals surface area (Å²) in [4.78, 5) is 5.32. The zero-order chi connectivity index (χ0) is 23.5. The number of likely N-dealkylation sites (tertiary alicyclic amines) is 1. The van der Waals surface area contributed by atoms with Crippen LogP contribution in [0, 0.1) is 5.92 Å². The van der Waals surface area contributed by atoms with Crippen molar-refractivity contribution >= 4 is 16.5 Å². The van der Waals surface area contributed by atoms with E-state index in [0.29, 0.717) is 12.0 Å². The number of hydrogen-bond acceptors (Lipinski definition) is 3. The summed E-state index contributed by atoms with van der Waals surface area (Å²) >= 11 is 0. The molecule has 2 aromatic carbocycles. The van der Waals surface area contributed by atoms with Gasteiger partial charge in [-0.05, 0) is 106 Å². The monoisotopic (exact) mass is 466 g/mol. The second-order valence-electron chi connectivity index (χ2n) is 10.8. The molecule has 35 heavy (non-hydrogen) atoms. The molecule has 0 unspecified atom stereocenters. The van der Waals surface area contributed by atoms with Crippen molar-refractivity contribution < 1.29 is 4.42 Å². The van der Waals surface area contributed by atoms with Gasteiger partial charge < -0.3 is 14.2 Å². The van der Waals surface area contributed by atoms with Crippen LogP contribution in [0.4, 0.5) is 0 Å². The van der Waals surface area contributed by atoms with Crippen LogP contribution in [0.15, 0.2) is 83.6 Å². The van der Waals surface area contributed by atoms with Crippen LogP contribution in [0.1, 0.15) is 62.0 Å². The number of nitrogens with zero attached hydrogens (tertiary/aromatic N) is 2. The maximum atomic E-state index is 5.81. The molecule has 1 saturated heterocycles. The lowest BCUT2D eigenvalue weighted by molar-refractivity contribution is 0.163. The fourth-order valence-electron chi connectivity index (χ4n) is 6.57. The molecular formula is C32H38N2O. The minimum absolute atomic E-state index is 0.651. The molecular weight excluding hydrogens is 428 g/mol. The topological polar surface area (TPSA) is 19.6 Å². The fraction of sp³-hybridized carbons (Fsp3) is 0.438. The SMILES string of the molecule is C1=CN(C2CCC(CCN3CCC(c4coc5ccccc45)CC3)CC2)CC(c2ccccc2)=C1. The van der Waals surface area contributed by atoms with Crippen molar-refractivity contribution in [3.8, 4) is 0 Å². The normalized spacial score (nSPS) is 24.1. The minimum Gasteiger partial charge on any atom is -0.464 e. The van der Waals surface area contributed by atoms with E-state index in [0.717, 1.165) is 18.0 Å². The molecule has 0 amide bonds. The fourth-order valence-corrected chi connectivity index (χ4v) is 6.57. The van der Waals surface area contributed by atoms with Crippen LogP contribution in [0.2, 0.25) is 0 Å². The molecule has 3 heterocycles. The van der Waals surface area contributed by atoms with Crippen LogP contribution in [0.25, 0.3) is 16.5 Å².